The molecule has 4 atom stereocenters. The van der Waals surface area contributed by atoms with Crippen LogP contribution in [0.5, 0.6) is 23.0 Å². The van der Waals surface area contributed by atoms with E-state index in [9.17, 15) is 0 Å². The van der Waals surface area contributed by atoms with Gasteiger partial charge >= 0.3 is 0 Å². The highest BCUT2D eigenvalue weighted by Crippen LogP contribution is 2.67. The fourth-order valence-electron chi connectivity index (χ4n) is 14.9. The van der Waals surface area contributed by atoms with Crippen LogP contribution in [0.4, 0.5) is 0 Å². The summed E-state index contributed by atoms with van der Waals surface area (Å²) in [4.78, 5) is 0. The lowest BCUT2D eigenvalue weighted by Crippen LogP contribution is -2.56. The van der Waals surface area contributed by atoms with Crippen molar-refractivity contribution >= 4 is 0 Å². The third kappa shape index (κ3) is 7.92. The summed E-state index contributed by atoms with van der Waals surface area (Å²) in [6.45, 7) is 6.01. The normalized spacial score (nSPS) is 38.5. The molecule has 4 aromatic rings. The first kappa shape index (κ1) is 40.2. The topological polar surface area (TPSA) is 87.0 Å². The minimum absolute atomic E-state index is 0.115. The highest BCUT2D eigenvalue weighted by molar-refractivity contribution is 5.47. The van der Waals surface area contributed by atoms with E-state index in [1.54, 1.807) is 0 Å². The maximum Gasteiger partial charge on any atom is 0.119 e. The Morgan fingerprint density at radius 1 is 0.359 bits per heavy atom. The summed E-state index contributed by atoms with van der Waals surface area (Å²) in [6.07, 6.45) is 16.3. The summed E-state index contributed by atoms with van der Waals surface area (Å²) in [5, 5.41) is 0. The van der Waals surface area contributed by atoms with Crippen molar-refractivity contribution in [2.24, 2.45) is 35.5 Å². The van der Waals surface area contributed by atoms with E-state index in [0.29, 0.717) is 49.5 Å². The van der Waals surface area contributed by atoms with E-state index >= 15 is 0 Å². The second kappa shape index (κ2) is 16.1. The first-order chi connectivity index (χ1) is 31.4. The van der Waals surface area contributed by atoms with Gasteiger partial charge in [0.1, 0.15) is 73.8 Å². The minimum atomic E-state index is 0.115. The molecule has 8 bridgehead atoms. The Labute approximate surface area is 378 Å². The Morgan fingerprint density at radius 3 is 0.938 bits per heavy atom. The van der Waals surface area contributed by atoms with Gasteiger partial charge in [0.15, 0.2) is 0 Å². The molecule has 0 spiro atoms. The van der Waals surface area contributed by atoms with Gasteiger partial charge in [-0.1, -0.05) is 48.5 Å². The molecular weight excluding hydrogens is 801 g/mol. The van der Waals surface area contributed by atoms with Crippen molar-refractivity contribution in [2.75, 3.05) is 52.9 Å². The van der Waals surface area contributed by atoms with Crippen LogP contribution in [0.3, 0.4) is 0 Å². The van der Waals surface area contributed by atoms with Crippen molar-refractivity contribution in [3.63, 3.8) is 0 Å². The van der Waals surface area contributed by atoms with Crippen molar-refractivity contribution in [1.82, 2.24) is 0 Å². The van der Waals surface area contributed by atoms with Gasteiger partial charge < -0.3 is 37.9 Å². The highest BCUT2D eigenvalue weighted by atomic mass is 16.6. The summed E-state index contributed by atoms with van der Waals surface area (Å²) >= 11 is 0. The van der Waals surface area contributed by atoms with Crippen LogP contribution in [-0.4, -0.2) is 77.3 Å². The first-order valence-corrected chi connectivity index (χ1v) is 24.9. The molecule has 8 saturated carbocycles. The van der Waals surface area contributed by atoms with Gasteiger partial charge in [-0.2, -0.15) is 0 Å². The fraction of sp³-hybridized carbons (Fsp3) is 0.571. The number of hydrogen-bond acceptors (Lipinski definition) is 8. The van der Waals surface area contributed by atoms with Crippen LogP contribution in [0.25, 0.3) is 0 Å². The van der Waals surface area contributed by atoms with Crippen molar-refractivity contribution in [2.45, 2.75) is 111 Å². The van der Waals surface area contributed by atoms with Gasteiger partial charge in [-0.15, -0.1) is 0 Å². The summed E-state index contributed by atoms with van der Waals surface area (Å²) in [5.74, 6) is 8.88. The summed E-state index contributed by atoms with van der Waals surface area (Å²) in [7, 11) is 0. The Morgan fingerprint density at radius 2 is 0.641 bits per heavy atom. The molecule has 4 unspecified atom stereocenters. The van der Waals surface area contributed by atoms with Gasteiger partial charge in [-0.05, 0) is 188 Å². The highest BCUT2D eigenvalue weighted by Gasteiger charge is 2.60. The molecule has 0 N–H and O–H groups in total. The second-order valence-electron chi connectivity index (χ2n) is 21.9. The Bertz CT molecular complexity index is 2070. The quantitative estimate of drug-likeness (QED) is 0.103. The van der Waals surface area contributed by atoms with Crippen molar-refractivity contribution < 1.29 is 37.9 Å². The van der Waals surface area contributed by atoms with Crippen molar-refractivity contribution in [1.29, 1.82) is 0 Å². The monoisotopic (exact) mass is 864 g/mol. The zero-order valence-corrected chi connectivity index (χ0v) is 37.2. The predicted molar refractivity (Wildman–Crippen MR) is 243 cm³/mol. The molecule has 4 aromatic carbocycles. The molecule has 4 heterocycles. The third-order valence-corrected chi connectivity index (χ3v) is 17.4. The molecule has 8 aliphatic carbocycles. The summed E-state index contributed by atoms with van der Waals surface area (Å²) in [6, 6.07) is 36.2. The lowest BCUT2D eigenvalue weighted by molar-refractivity contribution is -0.0418. The number of epoxide rings is 4. The molecule has 16 rings (SSSR count). The van der Waals surface area contributed by atoms with Crippen molar-refractivity contribution in [3.8, 4) is 23.0 Å². The Balaban J connectivity index is 0.000000129. The second-order valence-corrected chi connectivity index (χ2v) is 21.9. The summed E-state index contributed by atoms with van der Waals surface area (Å²) in [5.41, 5.74) is 6.75. The van der Waals surface area contributed by atoms with E-state index in [4.69, 9.17) is 37.9 Å². The zero-order valence-electron chi connectivity index (χ0n) is 37.2. The molecular formula is C56H64O8. The molecule has 8 heteroatoms. The van der Waals surface area contributed by atoms with Gasteiger partial charge in [-0.25, -0.2) is 0 Å². The van der Waals surface area contributed by atoms with Crippen LogP contribution in [-0.2, 0) is 35.2 Å². The van der Waals surface area contributed by atoms with E-state index in [-0.39, 0.29) is 17.6 Å². The largest absolute Gasteiger partial charge is 0.491 e. The standard InChI is InChI=1S/2C28H32O4/c1-5-23(29-14-25-16-31-25)6-2-21(1)27-10-19-9-20(11-27)13-28(12-19,18-27)22-3-7-24(8-4-22)30-15-26-17-32-26;1-5-24(29-14-26-16-31-26)6-2-20(1)28(22-10-18-9-19(12-22)13-23(28)11-18)21-3-7-25(8-4-21)30-15-27-17-32-27/h1-8,19-20,25-26H,9-18H2;1-8,18-19,22-23,26-27H,9-17H2. The van der Waals surface area contributed by atoms with Crippen LogP contribution < -0.4 is 18.9 Å². The molecule has 0 aromatic heterocycles. The number of hydrogen-bond donors (Lipinski definition) is 0. The zero-order chi connectivity index (χ0) is 42.3. The lowest BCUT2D eigenvalue weighted by atomic mass is 9.42. The van der Waals surface area contributed by atoms with Crippen LogP contribution in [0.2, 0.25) is 0 Å². The Kier molecular flexibility index (Phi) is 10.1. The van der Waals surface area contributed by atoms with E-state index in [1.807, 2.05) is 0 Å². The molecule has 4 aliphatic heterocycles. The molecule has 336 valence electrons. The first-order valence-electron chi connectivity index (χ1n) is 24.9. The maximum atomic E-state index is 5.94. The number of rotatable bonds is 16. The van der Waals surface area contributed by atoms with Crippen LogP contribution >= 0.6 is 0 Å². The average Bonchev–Trinajstić information content (AvgIpc) is 4.10. The molecule has 0 radical (unpaired) electrons. The SMILES string of the molecule is c1cc(C2(c3ccc(OCC4CO4)cc3)C3CC4CC(C3)CC2C4)ccc1OCC1CO1.c1cc(C23CC4CC(C2)CC(c2ccc(OCC5CO5)cc2)(C4)C3)ccc1OCC1CO1. The van der Waals surface area contributed by atoms with Gasteiger partial charge in [0.25, 0.3) is 0 Å². The van der Waals surface area contributed by atoms with Gasteiger partial charge in [-0.3, -0.25) is 0 Å². The summed E-state index contributed by atoms with van der Waals surface area (Å²) < 4.78 is 44.8. The molecule has 8 nitrogen and oxygen atoms in total. The van der Waals surface area contributed by atoms with Crippen LogP contribution in [0.15, 0.2) is 97.1 Å². The van der Waals surface area contributed by atoms with E-state index < -0.39 is 0 Å². The minimum Gasteiger partial charge on any atom is -0.491 e. The fourth-order valence-corrected chi connectivity index (χ4v) is 14.9. The molecule has 12 aliphatic rings. The van der Waals surface area contributed by atoms with E-state index in [1.165, 1.54) is 92.9 Å². The number of ether oxygens (including phenoxy) is 8. The van der Waals surface area contributed by atoms with E-state index in [0.717, 1.165) is 84.9 Å². The van der Waals surface area contributed by atoms with Gasteiger partial charge in [0, 0.05) is 5.41 Å². The molecule has 4 saturated heterocycles. The predicted octanol–water partition coefficient (Wildman–Crippen LogP) is 10.0. The maximum absolute atomic E-state index is 5.94. The Hall–Kier alpha value is -4.08. The van der Waals surface area contributed by atoms with Gasteiger partial charge in [0.2, 0.25) is 0 Å². The van der Waals surface area contributed by atoms with Crippen LogP contribution in [0, 0.1) is 35.5 Å². The average molecular weight is 865 g/mol. The van der Waals surface area contributed by atoms with Crippen LogP contribution in [0.1, 0.15) is 92.9 Å². The van der Waals surface area contributed by atoms with E-state index in [2.05, 4.69) is 97.1 Å². The molecule has 12 fully saturated rings. The molecule has 0 amide bonds. The van der Waals surface area contributed by atoms with Crippen molar-refractivity contribution in [3.05, 3.63) is 119 Å². The smallest absolute Gasteiger partial charge is 0.119 e. The number of benzene rings is 4. The lowest BCUT2D eigenvalue weighted by Gasteiger charge is -2.62. The third-order valence-electron chi connectivity index (χ3n) is 17.4. The van der Waals surface area contributed by atoms with Gasteiger partial charge in [0.05, 0.1) is 26.4 Å². The molecule has 64 heavy (non-hydrogen) atoms.